The van der Waals surface area contributed by atoms with Crippen LogP contribution in [0.1, 0.15) is 6.92 Å². The molecule has 14 heavy (non-hydrogen) atoms. The zero-order chi connectivity index (χ0) is 10.4. The summed E-state index contributed by atoms with van der Waals surface area (Å²) in [5.41, 5.74) is 0. The van der Waals surface area contributed by atoms with Gasteiger partial charge in [-0.05, 0) is 25.1 Å². The van der Waals surface area contributed by atoms with E-state index in [1.54, 1.807) is 19.2 Å². The standard InChI is InChI=1S/C11H13FO2/c1-9(12)6-7-14-11-5-3-4-10(8-11)13-2/h3-6,8H,7H2,1-2H3/b9-6-. The molecule has 0 saturated heterocycles. The van der Waals surface area contributed by atoms with Crippen LogP contribution < -0.4 is 9.47 Å². The van der Waals surface area contributed by atoms with Crippen LogP contribution in [0.5, 0.6) is 11.5 Å². The third-order valence-corrected chi connectivity index (χ3v) is 1.66. The molecule has 76 valence electrons. The molecule has 2 nitrogen and oxygen atoms in total. The first kappa shape index (κ1) is 10.6. The predicted molar refractivity (Wildman–Crippen MR) is 53.4 cm³/mol. The summed E-state index contributed by atoms with van der Waals surface area (Å²) < 4.78 is 22.6. The monoisotopic (exact) mass is 196 g/mol. The number of rotatable bonds is 4. The fourth-order valence-electron chi connectivity index (χ4n) is 0.944. The highest BCUT2D eigenvalue weighted by atomic mass is 19.1. The zero-order valence-corrected chi connectivity index (χ0v) is 8.29. The first-order valence-electron chi connectivity index (χ1n) is 4.31. The van der Waals surface area contributed by atoms with Gasteiger partial charge in [0.2, 0.25) is 0 Å². The van der Waals surface area contributed by atoms with Gasteiger partial charge in [0.05, 0.1) is 12.9 Å². The van der Waals surface area contributed by atoms with E-state index in [2.05, 4.69) is 0 Å². The van der Waals surface area contributed by atoms with Gasteiger partial charge >= 0.3 is 0 Å². The van der Waals surface area contributed by atoms with Gasteiger partial charge in [0.15, 0.2) is 0 Å². The van der Waals surface area contributed by atoms with Crippen molar-refractivity contribution in [2.45, 2.75) is 6.92 Å². The molecule has 0 aliphatic rings. The second kappa shape index (κ2) is 5.27. The Bertz CT molecular complexity index is 317. The second-order valence-electron chi connectivity index (χ2n) is 2.78. The first-order chi connectivity index (χ1) is 6.72. The molecular formula is C11H13FO2. The number of halogens is 1. The van der Waals surface area contributed by atoms with E-state index in [1.165, 1.54) is 13.0 Å². The van der Waals surface area contributed by atoms with Gasteiger partial charge in [-0.1, -0.05) is 6.07 Å². The molecule has 0 N–H and O–H groups in total. The van der Waals surface area contributed by atoms with Crippen LogP contribution >= 0.6 is 0 Å². The van der Waals surface area contributed by atoms with Crippen molar-refractivity contribution in [3.63, 3.8) is 0 Å². The summed E-state index contributed by atoms with van der Waals surface area (Å²) in [6, 6.07) is 7.19. The summed E-state index contributed by atoms with van der Waals surface area (Å²) in [7, 11) is 1.59. The van der Waals surface area contributed by atoms with Gasteiger partial charge in [-0.2, -0.15) is 0 Å². The quantitative estimate of drug-likeness (QED) is 0.737. The maximum Gasteiger partial charge on any atom is 0.123 e. The maximum atomic E-state index is 12.3. The highest BCUT2D eigenvalue weighted by Gasteiger charge is 1.94. The van der Waals surface area contributed by atoms with Gasteiger partial charge in [0.25, 0.3) is 0 Å². The summed E-state index contributed by atoms with van der Waals surface area (Å²) in [4.78, 5) is 0. The number of benzene rings is 1. The highest BCUT2D eigenvalue weighted by Crippen LogP contribution is 2.18. The van der Waals surface area contributed by atoms with Gasteiger partial charge in [-0.3, -0.25) is 0 Å². The second-order valence-corrected chi connectivity index (χ2v) is 2.78. The van der Waals surface area contributed by atoms with Crippen LogP contribution in [0.15, 0.2) is 36.2 Å². The molecule has 0 saturated carbocycles. The lowest BCUT2D eigenvalue weighted by molar-refractivity contribution is 0.353. The van der Waals surface area contributed by atoms with Crippen LogP contribution in [0.4, 0.5) is 4.39 Å². The molecule has 0 aromatic heterocycles. The van der Waals surface area contributed by atoms with Crippen LogP contribution in [-0.2, 0) is 0 Å². The van der Waals surface area contributed by atoms with E-state index >= 15 is 0 Å². The van der Waals surface area contributed by atoms with E-state index in [4.69, 9.17) is 9.47 Å². The van der Waals surface area contributed by atoms with Crippen LogP contribution in [-0.4, -0.2) is 13.7 Å². The predicted octanol–water partition coefficient (Wildman–Crippen LogP) is 2.95. The van der Waals surface area contributed by atoms with Crippen LogP contribution in [0.25, 0.3) is 0 Å². The first-order valence-corrected chi connectivity index (χ1v) is 4.31. The Hall–Kier alpha value is -1.51. The number of hydrogen-bond donors (Lipinski definition) is 0. The van der Waals surface area contributed by atoms with Crippen molar-refractivity contribution in [1.82, 2.24) is 0 Å². The molecule has 1 rings (SSSR count). The third kappa shape index (κ3) is 3.47. The lowest BCUT2D eigenvalue weighted by Gasteiger charge is -2.04. The van der Waals surface area contributed by atoms with E-state index < -0.39 is 0 Å². The largest absolute Gasteiger partial charge is 0.497 e. The lowest BCUT2D eigenvalue weighted by Crippen LogP contribution is -1.94. The van der Waals surface area contributed by atoms with Crippen LogP contribution in [0, 0.1) is 0 Å². The normalized spacial score (nSPS) is 11.2. The number of ether oxygens (including phenoxy) is 2. The highest BCUT2D eigenvalue weighted by molar-refractivity contribution is 5.32. The SMILES string of the molecule is COc1cccc(OC/C=C(/C)F)c1. The topological polar surface area (TPSA) is 18.5 Å². The van der Waals surface area contributed by atoms with Crippen molar-refractivity contribution in [2.24, 2.45) is 0 Å². The zero-order valence-electron chi connectivity index (χ0n) is 8.29. The van der Waals surface area contributed by atoms with Crippen molar-refractivity contribution < 1.29 is 13.9 Å². The van der Waals surface area contributed by atoms with E-state index in [1.807, 2.05) is 12.1 Å². The van der Waals surface area contributed by atoms with Crippen LogP contribution in [0.2, 0.25) is 0 Å². The Labute approximate surface area is 83.0 Å². The molecule has 0 aliphatic carbocycles. The minimum Gasteiger partial charge on any atom is -0.497 e. The molecule has 0 atom stereocenters. The Morgan fingerprint density at radius 2 is 2.14 bits per heavy atom. The maximum absolute atomic E-state index is 12.3. The average molecular weight is 196 g/mol. The Morgan fingerprint density at radius 1 is 1.43 bits per heavy atom. The Balaban J connectivity index is 2.54. The van der Waals surface area contributed by atoms with Gasteiger partial charge in [-0.25, -0.2) is 4.39 Å². The molecule has 0 amide bonds. The minimum absolute atomic E-state index is 0.232. The summed E-state index contributed by atoms with van der Waals surface area (Å²) in [5, 5.41) is 0. The fraction of sp³-hybridized carbons (Fsp3) is 0.273. The fourth-order valence-corrected chi connectivity index (χ4v) is 0.944. The summed E-state index contributed by atoms with van der Waals surface area (Å²) in [5.74, 6) is 1.15. The molecule has 0 unspecified atom stereocenters. The lowest BCUT2D eigenvalue weighted by atomic mass is 10.3. The van der Waals surface area contributed by atoms with Crippen molar-refractivity contribution in [3.8, 4) is 11.5 Å². The van der Waals surface area contributed by atoms with E-state index in [-0.39, 0.29) is 12.4 Å². The summed E-state index contributed by atoms with van der Waals surface area (Å²) in [6.45, 7) is 1.62. The average Bonchev–Trinajstić information content (AvgIpc) is 2.18. The number of hydrogen-bond acceptors (Lipinski definition) is 2. The van der Waals surface area contributed by atoms with E-state index in [0.717, 1.165) is 5.75 Å². The molecule has 1 aromatic rings. The smallest absolute Gasteiger partial charge is 0.123 e. The molecular weight excluding hydrogens is 183 g/mol. The van der Waals surface area contributed by atoms with Gasteiger partial charge in [-0.15, -0.1) is 0 Å². The molecule has 0 radical (unpaired) electrons. The van der Waals surface area contributed by atoms with Crippen molar-refractivity contribution in [2.75, 3.05) is 13.7 Å². The van der Waals surface area contributed by atoms with Crippen molar-refractivity contribution >= 4 is 0 Å². The Kier molecular flexibility index (Phi) is 3.98. The van der Waals surface area contributed by atoms with E-state index in [0.29, 0.717) is 5.75 Å². The number of methoxy groups -OCH3 is 1. The van der Waals surface area contributed by atoms with Crippen LogP contribution in [0.3, 0.4) is 0 Å². The van der Waals surface area contributed by atoms with Gasteiger partial charge in [0.1, 0.15) is 18.1 Å². The minimum atomic E-state index is -0.243. The molecule has 0 spiro atoms. The summed E-state index contributed by atoms with van der Waals surface area (Å²) >= 11 is 0. The van der Waals surface area contributed by atoms with Crippen molar-refractivity contribution in [1.29, 1.82) is 0 Å². The molecule has 3 heteroatoms. The summed E-state index contributed by atoms with van der Waals surface area (Å²) in [6.07, 6.45) is 1.37. The van der Waals surface area contributed by atoms with Gasteiger partial charge in [0, 0.05) is 6.07 Å². The van der Waals surface area contributed by atoms with Crippen molar-refractivity contribution in [3.05, 3.63) is 36.2 Å². The van der Waals surface area contributed by atoms with Gasteiger partial charge < -0.3 is 9.47 Å². The third-order valence-electron chi connectivity index (χ3n) is 1.66. The molecule has 0 heterocycles. The molecule has 0 fully saturated rings. The molecule has 0 bridgehead atoms. The Morgan fingerprint density at radius 3 is 2.79 bits per heavy atom. The number of allylic oxidation sites excluding steroid dienone is 1. The van der Waals surface area contributed by atoms with E-state index in [9.17, 15) is 4.39 Å². The molecule has 1 aromatic carbocycles. The molecule has 0 aliphatic heterocycles.